The van der Waals surface area contributed by atoms with Crippen molar-refractivity contribution in [2.75, 3.05) is 7.05 Å². The highest BCUT2D eigenvalue weighted by atomic mass is 16.5. The number of hydrogen-bond donors (Lipinski definition) is 2. The van der Waals surface area contributed by atoms with E-state index in [0.29, 0.717) is 17.4 Å². The van der Waals surface area contributed by atoms with Crippen molar-refractivity contribution in [3.05, 3.63) is 16.2 Å². The van der Waals surface area contributed by atoms with Crippen LogP contribution in [0.5, 0.6) is 0 Å². The zero-order chi connectivity index (χ0) is 16.9. The first-order valence-electron chi connectivity index (χ1n) is 7.72. The minimum Gasteiger partial charge on any atom is -0.382 e. The Kier molecular flexibility index (Phi) is 6.55. The van der Waals surface area contributed by atoms with Crippen LogP contribution in [0.1, 0.15) is 52.5 Å². The standard InChI is InChI=1S/C13H21N5O2.C2H6/c1-5-8-7(2)6-9(20-8)18-12(16-4)10(11(14)15-3)17-13(18)19;1-2/h7-9H,4-6H2,1-3H3,(H2,14,15)(H,17,19);1-2H3. The average Bonchev–Trinajstić information content (AvgIpc) is 3.07. The fourth-order valence-corrected chi connectivity index (χ4v) is 2.68. The molecule has 3 atom stereocenters. The molecule has 0 spiro atoms. The summed E-state index contributed by atoms with van der Waals surface area (Å²) in [5.74, 6) is 0.999. The highest BCUT2D eigenvalue weighted by Gasteiger charge is 2.34. The number of hydrogen-bond acceptors (Lipinski definition) is 4. The minimum absolute atomic E-state index is 0.153. The second-order valence-corrected chi connectivity index (χ2v) is 5.02. The molecule has 1 fully saturated rings. The Morgan fingerprint density at radius 2 is 2.18 bits per heavy atom. The number of nitrogens with two attached hydrogens (primary N) is 1. The Morgan fingerprint density at radius 1 is 1.55 bits per heavy atom. The molecule has 1 aliphatic rings. The summed E-state index contributed by atoms with van der Waals surface area (Å²) in [6, 6.07) is 0. The molecule has 124 valence electrons. The normalized spacial score (nSPS) is 24.8. The molecule has 1 aliphatic heterocycles. The van der Waals surface area contributed by atoms with E-state index in [9.17, 15) is 4.79 Å². The van der Waals surface area contributed by atoms with Crippen molar-refractivity contribution in [3.8, 4) is 0 Å². The second kappa shape index (κ2) is 7.93. The van der Waals surface area contributed by atoms with Gasteiger partial charge in [-0.3, -0.25) is 4.99 Å². The molecule has 1 aromatic heterocycles. The van der Waals surface area contributed by atoms with Crippen LogP contribution in [0.3, 0.4) is 0 Å². The Morgan fingerprint density at radius 3 is 2.64 bits per heavy atom. The molecule has 1 aromatic rings. The van der Waals surface area contributed by atoms with Crippen LogP contribution < -0.4 is 11.4 Å². The van der Waals surface area contributed by atoms with Crippen LogP contribution in [0.2, 0.25) is 0 Å². The van der Waals surface area contributed by atoms with E-state index in [2.05, 4.69) is 35.5 Å². The zero-order valence-corrected chi connectivity index (χ0v) is 14.1. The van der Waals surface area contributed by atoms with E-state index in [1.807, 2.05) is 13.8 Å². The summed E-state index contributed by atoms with van der Waals surface area (Å²) in [7, 11) is 1.55. The van der Waals surface area contributed by atoms with Crippen molar-refractivity contribution in [1.82, 2.24) is 9.55 Å². The summed E-state index contributed by atoms with van der Waals surface area (Å²) >= 11 is 0. The van der Waals surface area contributed by atoms with Crippen molar-refractivity contribution in [2.45, 2.75) is 52.9 Å². The fourth-order valence-electron chi connectivity index (χ4n) is 2.68. The van der Waals surface area contributed by atoms with Crippen LogP contribution >= 0.6 is 0 Å². The first-order valence-corrected chi connectivity index (χ1v) is 7.72. The number of aromatic amines is 1. The number of nitrogens with one attached hydrogen (secondary N) is 1. The van der Waals surface area contributed by atoms with Crippen molar-refractivity contribution >= 4 is 18.4 Å². The highest BCUT2D eigenvalue weighted by Crippen LogP contribution is 2.36. The lowest BCUT2D eigenvalue weighted by atomic mass is 10.0. The number of nitrogens with zero attached hydrogens (tertiary/aromatic N) is 3. The molecule has 2 heterocycles. The third-order valence-corrected chi connectivity index (χ3v) is 3.78. The van der Waals surface area contributed by atoms with Gasteiger partial charge in [0.15, 0.2) is 5.82 Å². The molecular weight excluding hydrogens is 282 g/mol. The zero-order valence-electron chi connectivity index (χ0n) is 14.1. The first-order chi connectivity index (χ1) is 10.5. The molecule has 0 bridgehead atoms. The molecule has 0 saturated carbocycles. The number of H-pyrrole nitrogens is 1. The third-order valence-electron chi connectivity index (χ3n) is 3.78. The average molecular weight is 309 g/mol. The van der Waals surface area contributed by atoms with Crippen LogP contribution in [0, 0.1) is 5.92 Å². The number of imidazole rings is 1. The number of amidine groups is 1. The van der Waals surface area contributed by atoms with E-state index in [1.54, 1.807) is 7.05 Å². The smallest absolute Gasteiger partial charge is 0.329 e. The Balaban J connectivity index is 0.00000116. The van der Waals surface area contributed by atoms with Crippen molar-refractivity contribution in [2.24, 2.45) is 21.6 Å². The van der Waals surface area contributed by atoms with Gasteiger partial charge in [-0.2, -0.15) is 0 Å². The van der Waals surface area contributed by atoms with E-state index in [1.165, 1.54) is 4.57 Å². The van der Waals surface area contributed by atoms with Gasteiger partial charge in [0.25, 0.3) is 0 Å². The van der Waals surface area contributed by atoms with Crippen molar-refractivity contribution < 1.29 is 4.74 Å². The maximum Gasteiger partial charge on any atom is 0.329 e. The van der Waals surface area contributed by atoms with E-state index >= 15 is 0 Å². The highest BCUT2D eigenvalue weighted by molar-refractivity contribution is 5.99. The molecule has 1 saturated heterocycles. The molecule has 22 heavy (non-hydrogen) atoms. The monoisotopic (exact) mass is 309 g/mol. The molecule has 3 N–H and O–H groups in total. The fraction of sp³-hybridized carbons (Fsp3) is 0.667. The van der Waals surface area contributed by atoms with Gasteiger partial charge in [-0.25, -0.2) is 14.4 Å². The van der Waals surface area contributed by atoms with E-state index in [-0.39, 0.29) is 23.9 Å². The van der Waals surface area contributed by atoms with E-state index in [4.69, 9.17) is 10.5 Å². The van der Waals surface area contributed by atoms with Crippen LogP contribution in [0.25, 0.3) is 0 Å². The van der Waals surface area contributed by atoms with Gasteiger partial charge in [-0.1, -0.05) is 27.7 Å². The maximum atomic E-state index is 12.2. The molecule has 7 heteroatoms. The SMILES string of the molecule is C=Nc1c(C(N)=NC)[nH]c(=O)n1C1CC(C)C(CC)O1.CC. The Bertz CT molecular complexity index is 587. The van der Waals surface area contributed by atoms with Crippen LogP contribution in [-0.4, -0.2) is 35.3 Å². The second-order valence-electron chi connectivity index (χ2n) is 5.02. The predicted octanol–water partition coefficient (Wildman–Crippen LogP) is 2.20. The molecule has 0 aliphatic carbocycles. The summed E-state index contributed by atoms with van der Waals surface area (Å²) in [6.07, 6.45) is 1.50. The lowest BCUT2D eigenvalue weighted by Gasteiger charge is -2.14. The molecule has 0 amide bonds. The van der Waals surface area contributed by atoms with Gasteiger partial charge in [-0.15, -0.1) is 0 Å². The van der Waals surface area contributed by atoms with Gasteiger partial charge in [-0.05, 0) is 25.5 Å². The maximum absolute atomic E-state index is 12.2. The van der Waals surface area contributed by atoms with Crippen molar-refractivity contribution in [3.63, 3.8) is 0 Å². The third kappa shape index (κ3) is 3.30. The molecule has 0 aromatic carbocycles. The predicted molar refractivity (Wildman–Crippen MR) is 90.2 cm³/mol. The molecule has 2 rings (SSSR count). The quantitative estimate of drug-likeness (QED) is 0.659. The van der Waals surface area contributed by atoms with Gasteiger partial charge in [0.05, 0.1) is 6.10 Å². The Hall–Kier alpha value is -1.89. The lowest BCUT2D eigenvalue weighted by Crippen LogP contribution is -2.22. The van der Waals surface area contributed by atoms with Crippen LogP contribution in [0.4, 0.5) is 5.82 Å². The van der Waals surface area contributed by atoms with Gasteiger partial charge < -0.3 is 15.5 Å². The summed E-state index contributed by atoms with van der Waals surface area (Å²) in [6.45, 7) is 11.7. The first kappa shape index (κ1) is 18.2. The molecule has 0 radical (unpaired) electrons. The van der Waals surface area contributed by atoms with Gasteiger partial charge in [0.2, 0.25) is 0 Å². The van der Waals surface area contributed by atoms with Gasteiger partial charge in [0, 0.05) is 7.05 Å². The summed E-state index contributed by atoms with van der Waals surface area (Å²) in [5.41, 5.74) is 5.86. The van der Waals surface area contributed by atoms with Crippen LogP contribution in [-0.2, 0) is 4.74 Å². The Labute approximate surface area is 131 Å². The minimum atomic E-state index is -0.336. The number of rotatable bonds is 4. The van der Waals surface area contributed by atoms with Gasteiger partial charge in [0.1, 0.15) is 17.8 Å². The van der Waals surface area contributed by atoms with Crippen molar-refractivity contribution in [1.29, 1.82) is 0 Å². The number of aromatic nitrogens is 2. The van der Waals surface area contributed by atoms with Crippen LogP contribution in [0.15, 0.2) is 14.8 Å². The summed E-state index contributed by atoms with van der Waals surface area (Å²) < 4.78 is 7.41. The summed E-state index contributed by atoms with van der Waals surface area (Å²) in [5, 5.41) is 0. The number of ether oxygens (including phenoxy) is 1. The van der Waals surface area contributed by atoms with Gasteiger partial charge >= 0.3 is 5.69 Å². The summed E-state index contributed by atoms with van der Waals surface area (Å²) in [4.78, 5) is 22.6. The lowest BCUT2D eigenvalue weighted by molar-refractivity contribution is -0.00565. The number of aliphatic imine (C=N–C) groups is 2. The molecule has 7 nitrogen and oxygen atoms in total. The van der Waals surface area contributed by atoms with E-state index in [0.717, 1.165) is 12.8 Å². The topological polar surface area (TPSA) is 97.8 Å². The largest absolute Gasteiger partial charge is 0.382 e. The molecular formula is C15H27N5O2. The molecule has 3 unspecified atom stereocenters. The van der Waals surface area contributed by atoms with E-state index < -0.39 is 0 Å².